The summed E-state index contributed by atoms with van der Waals surface area (Å²) in [6, 6.07) is 0.669. The number of rotatable bonds is 12. The molecule has 0 radical (unpaired) electrons. The molecule has 0 bridgehead atoms. The van der Waals surface area contributed by atoms with E-state index in [1.54, 1.807) is 0 Å². The van der Waals surface area contributed by atoms with Gasteiger partial charge in [0, 0.05) is 25.9 Å². The van der Waals surface area contributed by atoms with Crippen LogP contribution in [0, 0.1) is 5.41 Å². The molecule has 0 atom stereocenters. The third-order valence-corrected chi connectivity index (χ3v) is 6.54. The summed E-state index contributed by atoms with van der Waals surface area (Å²) < 4.78 is 22.6. The van der Waals surface area contributed by atoms with Gasteiger partial charge in [0.2, 0.25) is 0 Å². The Morgan fingerprint density at radius 3 is 1.81 bits per heavy atom. The molecule has 0 unspecified atom stereocenters. The van der Waals surface area contributed by atoms with Crippen LogP contribution in [0.2, 0.25) is 6.04 Å². The minimum atomic E-state index is -2.61. The molecule has 0 aromatic carbocycles. The maximum atomic E-state index is 11.9. The summed E-state index contributed by atoms with van der Waals surface area (Å²) in [5, 5.41) is 0. The van der Waals surface area contributed by atoms with Gasteiger partial charge in [0.25, 0.3) is 0 Å². The Hall–Kier alpha value is -0.433. The van der Waals surface area contributed by atoms with Crippen molar-refractivity contribution in [3.8, 4) is 0 Å². The summed E-state index contributed by atoms with van der Waals surface area (Å²) in [4.78, 5) is 11.9. The normalized spacial score (nSPS) is 12.5. The van der Waals surface area contributed by atoms with E-state index in [-0.39, 0.29) is 5.97 Å². The van der Waals surface area contributed by atoms with Crippen LogP contribution in [0.1, 0.15) is 54.4 Å². The zero-order chi connectivity index (χ0) is 16.4. The highest BCUT2D eigenvalue weighted by atomic mass is 28.4. The van der Waals surface area contributed by atoms with E-state index < -0.39 is 14.2 Å². The summed E-state index contributed by atoms with van der Waals surface area (Å²) in [5.41, 5.74) is -0.422. The van der Waals surface area contributed by atoms with E-state index in [1.165, 1.54) is 0 Å². The Bertz CT molecular complexity index is 277. The molecule has 5 nitrogen and oxygen atoms in total. The third kappa shape index (κ3) is 7.40. The van der Waals surface area contributed by atoms with Crippen molar-refractivity contribution in [2.45, 2.75) is 60.4 Å². The molecule has 0 aromatic heterocycles. The van der Waals surface area contributed by atoms with Gasteiger partial charge in [-0.2, -0.15) is 0 Å². The molecule has 0 saturated carbocycles. The molecule has 0 fully saturated rings. The Morgan fingerprint density at radius 2 is 1.43 bits per heavy atom. The molecule has 0 amide bonds. The van der Waals surface area contributed by atoms with E-state index in [0.29, 0.717) is 38.9 Å². The maximum absolute atomic E-state index is 11.9. The van der Waals surface area contributed by atoms with Crippen LogP contribution in [-0.4, -0.2) is 41.2 Å². The van der Waals surface area contributed by atoms with Gasteiger partial charge in [-0.25, -0.2) is 0 Å². The van der Waals surface area contributed by atoms with Crippen LogP contribution in [0.15, 0.2) is 0 Å². The average Bonchev–Trinajstić information content (AvgIpc) is 2.44. The molecule has 0 aliphatic rings. The number of carbonyl (C=O) groups excluding carboxylic acids is 1. The van der Waals surface area contributed by atoms with Crippen molar-refractivity contribution in [3.63, 3.8) is 0 Å². The molecule has 0 aliphatic heterocycles. The lowest BCUT2D eigenvalue weighted by atomic mass is 9.91. The molecule has 126 valence electrons. The van der Waals surface area contributed by atoms with Gasteiger partial charge in [0.05, 0.1) is 12.0 Å². The summed E-state index contributed by atoms with van der Waals surface area (Å²) >= 11 is 0. The van der Waals surface area contributed by atoms with Crippen molar-refractivity contribution < 1.29 is 22.8 Å². The largest absolute Gasteiger partial charge is 0.501 e. The fourth-order valence-corrected chi connectivity index (χ4v) is 4.37. The first-order chi connectivity index (χ1) is 9.87. The summed E-state index contributed by atoms with van der Waals surface area (Å²) in [7, 11) is -2.61. The van der Waals surface area contributed by atoms with Crippen molar-refractivity contribution in [2.75, 3.05) is 26.4 Å². The van der Waals surface area contributed by atoms with Gasteiger partial charge in [0.1, 0.15) is 0 Å². The second-order valence-electron chi connectivity index (χ2n) is 5.46. The molecule has 21 heavy (non-hydrogen) atoms. The number of carbonyl (C=O) groups is 1. The zero-order valence-electron chi connectivity index (χ0n) is 14.5. The molecular weight excluding hydrogens is 288 g/mol. The highest BCUT2D eigenvalue weighted by Crippen LogP contribution is 2.22. The molecular formula is C15H32O5Si. The minimum Gasteiger partial charge on any atom is -0.465 e. The lowest BCUT2D eigenvalue weighted by Gasteiger charge is -2.28. The van der Waals surface area contributed by atoms with E-state index in [1.807, 2.05) is 41.5 Å². The molecule has 6 heteroatoms. The van der Waals surface area contributed by atoms with Crippen LogP contribution in [0.4, 0.5) is 0 Å². The van der Waals surface area contributed by atoms with Crippen LogP contribution in [0.5, 0.6) is 0 Å². The molecule has 0 saturated heterocycles. The van der Waals surface area contributed by atoms with Gasteiger partial charge in [0.15, 0.2) is 0 Å². The van der Waals surface area contributed by atoms with Gasteiger partial charge in [-0.15, -0.1) is 0 Å². The fourth-order valence-electron chi connectivity index (χ4n) is 1.79. The maximum Gasteiger partial charge on any atom is 0.501 e. The lowest BCUT2D eigenvalue weighted by molar-refractivity contribution is -0.154. The summed E-state index contributed by atoms with van der Waals surface area (Å²) in [5.74, 6) is -0.151. The molecule has 0 aromatic rings. The first-order valence-electron chi connectivity index (χ1n) is 7.96. The van der Waals surface area contributed by atoms with E-state index in [4.69, 9.17) is 18.0 Å². The van der Waals surface area contributed by atoms with Gasteiger partial charge in [-0.1, -0.05) is 6.92 Å². The van der Waals surface area contributed by atoms with E-state index in [9.17, 15) is 4.79 Å². The van der Waals surface area contributed by atoms with Crippen LogP contribution >= 0.6 is 0 Å². The predicted molar refractivity (Wildman–Crippen MR) is 85.1 cm³/mol. The molecule has 0 N–H and O–H groups in total. The topological polar surface area (TPSA) is 54.0 Å². The first kappa shape index (κ1) is 20.6. The zero-order valence-corrected chi connectivity index (χ0v) is 15.5. The van der Waals surface area contributed by atoms with Crippen molar-refractivity contribution >= 4 is 14.8 Å². The van der Waals surface area contributed by atoms with Gasteiger partial charge >= 0.3 is 14.8 Å². The van der Waals surface area contributed by atoms with Crippen molar-refractivity contribution in [1.82, 2.24) is 0 Å². The minimum absolute atomic E-state index is 0.151. The van der Waals surface area contributed by atoms with Crippen LogP contribution < -0.4 is 0 Å². The van der Waals surface area contributed by atoms with Gasteiger partial charge in [-0.05, 0) is 47.5 Å². The van der Waals surface area contributed by atoms with Gasteiger partial charge in [-0.3, -0.25) is 4.79 Å². The van der Waals surface area contributed by atoms with E-state index >= 15 is 0 Å². The third-order valence-electron chi connectivity index (χ3n) is 3.39. The summed E-state index contributed by atoms with van der Waals surface area (Å²) in [6.45, 7) is 13.7. The second kappa shape index (κ2) is 10.3. The quantitative estimate of drug-likeness (QED) is 0.313. The van der Waals surface area contributed by atoms with Crippen LogP contribution in [-0.2, 0) is 22.8 Å². The Balaban J connectivity index is 4.33. The predicted octanol–water partition coefficient (Wildman–Crippen LogP) is 3.40. The number of ether oxygens (including phenoxy) is 1. The smallest absolute Gasteiger partial charge is 0.465 e. The van der Waals surface area contributed by atoms with Crippen molar-refractivity contribution in [2.24, 2.45) is 5.41 Å². The first-order valence-corrected chi connectivity index (χ1v) is 9.89. The SMILES string of the molecule is CCO[Si](CCCOC(=O)C(C)(C)CC)(OCC)OCC. The monoisotopic (exact) mass is 320 g/mol. The molecule has 0 heterocycles. The Morgan fingerprint density at radius 1 is 0.952 bits per heavy atom. The van der Waals surface area contributed by atoms with E-state index in [2.05, 4.69) is 0 Å². The molecule has 0 spiro atoms. The Kier molecular flexibility index (Phi) is 10.1. The van der Waals surface area contributed by atoms with Crippen molar-refractivity contribution in [1.29, 1.82) is 0 Å². The van der Waals surface area contributed by atoms with E-state index in [0.717, 1.165) is 6.42 Å². The standard InChI is InChI=1S/C15H32O5Si/c1-7-15(5,6)14(16)17-12-11-13-21(18-8-2,19-9-3)20-10-4/h7-13H2,1-6H3. The van der Waals surface area contributed by atoms with Crippen LogP contribution in [0.3, 0.4) is 0 Å². The number of hydrogen-bond acceptors (Lipinski definition) is 5. The highest BCUT2D eigenvalue weighted by molar-refractivity contribution is 6.60. The number of hydrogen-bond donors (Lipinski definition) is 0. The number of esters is 1. The average molecular weight is 321 g/mol. The highest BCUT2D eigenvalue weighted by Gasteiger charge is 2.39. The second-order valence-corrected chi connectivity index (χ2v) is 8.19. The molecule has 0 aliphatic carbocycles. The fraction of sp³-hybridized carbons (Fsp3) is 0.933. The van der Waals surface area contributed by atoms with Crippen molar-refractivity contribution in [3.05, 3.63) is 0 Å². The Labute approximate surface area is 130 Å². The van der Waals surface area contributed by atoms with Crippen LogP contribution in [0.25, 0.3) is 0 Å². The molecule has 0 rings (SSSR count). The lowest BCUT2D eigenvalue weighted by Crippen LogP contribution is -2.46. The van der Waals surface area contributed by atoms with Gasteiger partial charge < -0.3 is 18.0 Å². The summed E-state index contributed by atoms with van der Waals surface area (Å²) in [6.07, 6.45) is 1.46.